The van der Waals surface area contributed by atoms with E-state index in [4.69, 9.17) is 9.47 Å². The van der Waals surface area contributed by atoms with Crippen LogP contribution in [0.15, 0.2) is 11.1 Å². The number of aliphatic hydroxyl groups excluding tert-OH is 3. The van der Waals surface area contributed by atoms with Crippen molar-refractivity contribution in [2.75, 3.05) is 6.61 Å². The van der Waals surface area contributed by atoms with Crippen LogP contribution in [0, 0.1) is 111 Å². The van der Waals surface area contributed by atoms with Gasteiger partial charge in [0.05, 0.1) is 24.9 Å². The van der Waals surface area contributed by atoms with Gasteiger partial charge in [-0.2, -0.15) is 0 Å². The Hall–Kier alpha value is 1.85. The number of fused-ring (bicyclic) bond motifs is 5. The molecule has 1 aliphatic heterocycles. The van der Waals surface area contributed by atoms with Crippen molar-refractivity contribution in [3.63, 3.8) is 0 Å². The van der Waals surface area contributed by atoms with E-state index in [1.54, 1.807) is 27.7 Å². The van der Waals surface area contributed by atoms with E-state index in [0.29, 0.717) is 17.6 Å². The predicted molar refractivity (Wildman–Crippen MR) is 110 cm³/mol. The molecule has 4 aliphatic rings. The molecule has 3 fully saturated rings. The van der Waals surface area contributed by atoms with Crippen LogP contribution in [-0.2, 0) is 14.3 Å². The van der Waals surface area contributed by atoms with Crippen LogP contribution in [0.2, 0.25) is 0 Å². The number of carbonyl (C=O) groups excluding carboxylic acids is 1. The number of aliphatic hydroxyl groups is 5. The molecule has 0 amide bonds. The topological polar surface area (TPSA) is 137 Å². The standard InChI is InChI=1S/C23H36O8.2Ac/c1-10-7-14-22(28,9-30-14)17-19(31-12(3)24)23(29)8-13(25)11(2)15(20(23,4)5)16(26)18(27)21(10,17)6;;/h10,13-14,16-19,25-29H,7-9H2,1-6H3;;/t10-,13-,14+,16+,17?,18+,19-,21+,22-,23+;;/m0../s1. The van der Waals surface area contributed by atoms with E-state index in [9.17, 15) is 30.3 Å². The number of hydrogen-bond donors (Lipinski definition) is 5. The van der Waals surface area contributed by atoms with Gasteiger partial charge in [0.15, 0.2) is 0 Å². The molecule has 1 saturated heterocycles. The van der Waals surface area contributed by atoms with Crippen LogP contribution < -0.4 is 0 Å². The molecule has 10 heteroatoms. The minimum absolute atomic E-state index is 0. The molecular formula is C23H36Ac2O8. The van der Waals surface area contributed by atoms with Crippen molar-refractivity contribution in [3.8, 4) is 0 Å². The second kappa shape index (κ2) is 9.87. The Bertz CT molecular complexity index is 833. The van der Waals surface area contributed by atoms with Crippen LogP contribution >= 0.6 is 0 Å². The van der Waals surface area contributed by atoms with Gasteiger partial charge in [0, 0.05) is 118 Å². The molecule has 33 heavy (non-hydrogen) atoms. The molecular weight excluding hydrogens is 858 g/mol. The van der Waals surface area contributed by atoms with E-state index in [0.717, 1.165) is 0 Å². The zero-order valence-corrected chi connectivity index (χ0v) is 29.8. The number of ether oxygens (including phenoxy) is 2. The Morgan fingerprint density at radius 1 is 1.12 bits per heavy atom. The van der Waals surface area contributed by atoms with Crippen LogP contribution in [0.4, 0.5) is 0 Å². The van der Waals surface area contributed by atoms with Crippen LogP contribution in [0.5, 0.6) is 0 Å². The molecule has 2 radical (unpaired) electrons. The van der Waals surface area contributed by atoms with E-state index in [-0.39, 0.29) is 107 Å². The van der Waals surface area contributed by atoms with E-state index >= 15 is 0 Å². The minimum Gasteiger partial charge on any atom is -0.459 e. The largest absolute Gasteiger partial charge is 0.459 e. The molecule has 2 bridgehead atoms. The van der Waals surface area contributed by atoms with Gasteiger partial charge >= 0.3 is 5.97 Å². The third-order valence-corrected chi connectivity index (χ3v) is 9.39. The molecule has 0 spiro atoms. The molecule has 8 nitrogen and oxygen atoms in total. The van der Waals surface area contributed by atoms with Gasteiger partial charge in [-0.15, -0.1) is 0 Å². The summed E-state index contributed by atoms with van der Waals surface area (Å²) in [6.07, 6.45) is -5.22. The van der Waals surface area contributed by atoms with Crippen LogP contribution in [0.3, 0.4) is 0 Å². The van der Waals surface area contributed by atoms with Crippen molar-refractivity contribution in [2.24, 2.45) is 22.7 Å². The van der Waals surface area contributed by atoms with Crippen LogP contribution in [-0.4, -0.2) is 79.8 Å². The Balaban J connectivity index is 0.00000193. The van der Waals surface area contributed by atoms with Crippen molar-refractivity contribution >= 4 is 5.97 Å². The predicted octanol–water partition coefficient (Wildman–Crippen LogP) is 0.284. The number of carbonyl (C=O) groups is 1. The molecule has 1 unspecified atom stereocenters. The molecule has 2 saturated carbocycles. The summed E-state index contributed by atoms with van der Waals surface area (Å²) in [5.41, 5.74) is -4.66. The second-order valence-electron chi connectivity index (χ2n) is 11.1. The average molecular weight is 895 g/mol. The van der Waals surface area contributed by atoms with Gasteiger partial charge in [0.2, 0.25) is 0 Å². The fourth-order valence-electron chi connectivity index (χ4n) is 7.22. The van der Waals surface area contributed by atoms with Crippen LogP contribution in [0.25, 0.3) is 0 Å². The number of esters is 1. The third kappa shape index (κ3) is 4.07. The minimum atomic E-state index is -1.80. The smallest absolute Gasteiger partial charge is 0.303 e. The average Bonchev–Trinajstić information content (AvgIpc) is 2.66. The summed E-state index contributed by atoms with van der Waals surface area (Å²) in [5.74, 6) is -1.78. The zero-order valence-electron chi connectivity index (χ0n) is 20.3. The summed E-state index contributed by atoms with van der Waals surface area (Å²) in [6, 6.07) is 0. The maximum absolute atomic E-state index is 12.3. The van der Waals surface area contributed by atoms with Crippen molar-refractivity contribution in [2.45, 2.75) is 96.1 Å². The van der Waals surface area contributed by atoms with Crippen molar-refractivity contribution < 1.29 is 128 Å². The summed E-state index contributed by atoms with van der Waals surface area (Å²) < 4.78 is 11.4. The SMILES string of the molecule is CC(=O)O[C@H]1C2[C@](C)([C@H](O)[C@H](O)C3=C(C)[C@@H](O)C[C@]1(O)C3(C)C)[C@@H](C)C[C@H]1OC[C@@]21O.[Ac].[Ac]. The van der Waals surface area contributed by atoms with E-state index in [1.165, 1.54) is 6.92 Å². The van der Waals surface area contributed by atoms with Gasteiger partial charge in [-0.1, -0.05) is 27.7 Å². The number of hydrogen-bond acceptors (Lipinski definition) is 8. The first-order valence-corrected chi connectivity index (χ1v) is 11.1. The van der Waals surface area contributed by atoms with Gasteiger partial charge in [0.25, 0.3) is 0 Å². The first-order valence-electron chi connectivity index (χ1n) is 11.1. The Morgan fingerprint density at radius 2 is 1.70 bits per heavy atom. The Morgan fingerprint density at radius 3 is 2.18 bits per heavy atom. The van der Waals surface area contributed by atoms with Gasteiger partial charge in [-0.3, -0.25) is 4.79 Å². The van der Waals surface area contributed by atoms with Crippen LogP contribution in [0.1, 0.15) is 54.4 Å². The summed E-state index contributed by atoms with van der Waals surface area (Å²) in [6.45, 7) is 10.0. The summed E-state index contributed by atoms with van der Waals surface area (Å²) >= 11 is 0. The maximum atomic E-state index is 12.3. The van der Waals surface area contributed by atoms with E-state index < -0.39 is 64.4 Å². The van der Waals surface area contributed by atoms with Crippen molar-refractivity contribution in [3.05, 3.63) is 11.1 Å². The van der Waals surface area contributed by atoms with Gasteiger partial charge in [0.1, 0.15) is 23.4 Å². The van der Waals surface area contributed by atoms with E-state index in [1.807, 2.05) is 6.92 Å². The normalized spacial score (nSPS) is 50.2. The first-order chi connectivity index (χ1) is 14.1. The van der Waals surface area contributed by atoms with Crippen molar-refractivity contribution in [1.29, 1.82) is 0 Å². The Kier molecular flexibility index (Phi) is 9.29. The molecule has 0 aromatic rings. The monoisotopic (exact) mass is 894 g/mol. The quantitative estimate of drug-likeness (QED) is 0.188. The molecule has 0 aromatic heterocycles. The van der Waals surface area contributed by atoms with Gasteiger partial charge in [-0.05, 0) is 30.4 Å². The fraction of sp³-hybridized carbons (Fsp3) is 0.870. The molecule has 10 atom stereocenters. The third-order valence-electron chi connectivity index (χ3n) is 9.39. The van der Waals surface area contributed by atoms with Gasteiger partial charge in [-0.25, -0.2) is 0 Å². The fourth-order valence-corrected chi connectivity index (χ4v) is 7.22. The summed E-state index contributed by atoms with van der Waals surface area (Å²) in [4.78, 5) is 12.3. The zero-order chi connectivity index (χ0) is 23.3. The van der Waals surface area contributed by atoms with Crippen molar-refractivity contribution in [1.82, 2.24) is 0 Å². The molecule has 1 heterocycles. The molecule has 5 N–H and O–H groups in total. The molecule has 182 valence electrons. The second-order valence-corrected chi connectivity index (χ2v) is 11.1. The maximum Gasteiger partial charge on any atom is 0.303 e. The van der Waals surface area contributed by atoms with E-state index in [2.05, 4.69) is 0 Å². The summed E-state index contributed by atoms with van der Waals surface area (Å²) in [5, 5.41) is 57.8. The molecule has 0 aromatic carbocycles. The Labute approximate surface area is 267 Å². The first kappa shape index (κ1) is 31.1. The molecule has 4 rings (SSSR count). The number of rotatable bonds is 1. The summed E-state index contributed by atoms with van der Waals surface area (Å²) in [7, 11) is 0. The van der Waals surface area contributed by atoms with Gasteiger partial charge < -0.3 is 35.0 Å². The molecule has 3 aliphatic carbocycles.